The molecule has 1 saturated carbocycles. The van der Waals surface area contributed by atoms with Crippen molar-refractivity contribution >= 4 is 11.8 Å². The summed E-state index contributed by atoms with van der Waals surface area (Å²) in [6.45, 7) is 2.37. The zero-order valence-corrected chi connectivity index (χ0v) is 10.2. The van der Waals surface area contributed by atoms with Gasteiger partial charge in [-0.2, -0.15) is 0 Å². The van der Waals surface area contributed by atoms with Crippen molar-refractivity contribution < 1.29 is 14.7 Å². The van der Waals surface area contributed by atoms with Crippen LogP contribution < -0.4 is 5.32 Å². The maximum Gasteiger partial charge on any atom is 0.243 e. The predicted molar refractivity (Wildman–Crippen MR) is 62.1 cm³/mol. The molecule has 2 rings (SSSR count). The van der Waals surface area contributed by atoms with E-state index in [9.17, 15) is 9.59 Å². The van der Waals surface area contributed by atoms with Gasteiger partial charge in [0.05, 0.1) is 6.61 Å². The van der Waals surface area contributed by atoms with E-state index >= 15 is 0 Å². The van der Waals surface area contributed by atoms with Crippen LogP contribution in [0.5, 0.6) is 0 Å². The molecule has 0 bridgehead atoms. The standard InChI is InChI=1S/C12H20N2O3/c1-8(7-15)13-11(16)10-3-2-6-14(10)12(17)9-4-5-9/h8-10,15H,2-7H2,1H3,(H,13,16)/t8-,10?/m0/s1. The predicted octanol–water partition coefficient (Wildman–Crippen LogP) is -0.116. The molecule has 5 nitrogen and oxygen atoms in total. The van der Waals surface area contributed by atoms with Crippen LogP contribution in [0.25, 0.3) is 0 Å². The van der Waals surface area contributed by atoms with Crippen LogP contribution in [-0.4, -0.2) is 47.1 Å². The highest BCUT2D eigenvalue weighted by atomic mass is 16.3. The van der Waals surface area contributed by atoms with Crippen molar-refractivity contribution in [2.24, 2.45) is 5.92 Å². The maximum absolute atomic E-state index is 12.0. The molecule has 0 spiro atoms. The van der Waals surface area contributed by atoms with Crippen molar-refractivity contribution in [2.45, 2.75) is 44.7 Å². The fourth-order valence-electron chi connectivity index (χ4n) is 2.25. The van der Waals surface area contributed by atoms with Gasteiger partial charge < -0.3 is 15.3 Å². The van der Waals surface area contributed by atoms with Gasteiger partial charge in [0, 0.05) is 18.5 Å². The molecule has 96 valence electrons. The van der Waals surface area contributed by atoms with E-state index in [1.807, 2.05) is 0 Å². The van der Waals surface area contributed by atoms with Crippen molar-refractivity contribution in [2.75, 3.05) is 13.2 Å². The van der Waals surface area contributed by atoms with Crippen molar-refractivity contribution in [3.8, 4) is 0 Å². The lowest BCUT2D eigenvalue weighted by Crippen LogP contribution is -2.49. The highest BCUT2D eigenvalue weighted by Gasteiger charge is 2.40. The van der Waals surface area contributed by atoms with E-state index in [0.717, 1.165) is 25.7 Å². The molecule has 1 heterocycles. The SMILES string of the molecule is C[C@@H](CO)NC(=O)C1CCCN1C(=O)C1CC1. The molecule has 1 saturated heterocycles. The topological polar surface area (TPSA) is 69.6 Å². The van der Waals surface area contributed by atoms with Crippen molar-refractivity contribution in [1.29, 1.82) is 0 Å². The van der Waals surface area contributed by atoms with Gasteiger partial charge in [-0.25, -0.2) is 0 Å². The van der Waals surface area contributed by atoms with E-state index in [2.05, 4.69) is 5.32 Å². The highest BCUT2D eigenvalue weighted by Crippen LogP contribution is 2.33. The molecule has 0 aromatic rings. The number of aliphatic hydroxyl groups is 1. The lowest BCUT2D eigenvalue weighted by molar-refractivity contribution is -0.139. The molecule has 1 aliphatic heterocycles. The van der Waals surface area contributed by atoms with Crippen molar-refractivity contribution in [1.82, 2.24) is 10.2 Å². The number of nitrogens with zero attached hydrogens (tertiary/aromatic N) is 1. The molecule has 1 aliphatic carbocycles. The van der Waals surface area contributed by atoms with Gasteiger partial charge >= 0.3 is 0 Å². The molecule has 2 fully saturated rings. The van der Waals surface area contributed by atoms with Crippen LogP contribution in [0.4, 0.5) is 0 Å². The Balaban J connectivity index is 1.93. The Bertz CT molecular complexity index is 315. The Kier molecular flexibility index (Phi) is 3.66. The zero-order valence-electron chi connectivity index (χ0n) is 10.2. The second-order valence-corrected chi connectivity index (χ2v) is 5.06. The average Bonchev–Trinajstić information content (AvgIpc) is 3.04. The quantitative estimate of drug-likeness (QED) is 0.720. The van der Waals surface area contributed by atoms with E-state index in [1.54, 1.807) is 11.8 Å². The van der Waals surface area contributed by atoms with Crippen molar-refractivity contribution in [3.05, 3.63) is 0 Å². The van der Waals surface area contributed by atoms with Gasteiger partial charge in [0.2, 0.25) is 11.8 Å². The van der Waals surface area contributed by atoms with E-state index < -0.39 is 0 Å². The van der Waals surface area contributed by atoms with Crippen LogP contribution in [0.2, 0.25) is 0 Å². The summed E-state index contributed by atoms with van der Waals surface area (Å²) in [5, 5.41) is 11.6. The van der Waals surface area contributed by atoms with E-state index in [-0.39, 0.29) is 36.4 Å². The maximum atomic E-state index is 12.0. The number of carbonyl (C=O) groups is 2. The fraction of sp³-hybridized carbons (Fsp3) is 0.833. The summed E-state index contributed by atoms with van der Waals surface area (Å²) in [5.41, 5.74) is 0. The number of nitrogens with one attached hydrogen (secondary N) is 1. The molecule has 2 amide bonds. The third-order valence-electron chi connectivity index (χ3n) is 3.43. The first-order valence-corrected chi connectivity index (χ1v) is 6.35. The van der Waals surface area contributed by atoms with Gasteiger partial charge in [-0.3, -0.25) is 9.59 Å². The fourth-order valence-corrected chi connectivity index (χ4v) is 2.25. The Hall–Kier alpha value is -1.10. The monoisotopic (exact) mass is 240 g/mol. The Morgan fingerprint density at radius 1 is 1.41 bits per heavy atom. The van der Waals surface area contributed by atoms with Gasteiger partial charge in [0.25, 0.3) is 0 Å². The number of hydrogen-bond donors (Lipinski definition) is 2. The van der Waals surface area contributed by atoms with E-state index in [0.29, 0.717) is 6.54 Å². The highest BCUT2D eigenvalue weighted by molar-refractivity contribution is 5.90. The van der Waals surface area contributed by atoms with Crippen LogP contribution in [0.1, 0.15) is 32.6 Å². The molecular formula is C12H20N2O3. The van der Waals surface area contributed by atoms with E-state index in [1.165, 1.54) is 0 Å². The number of carbonyl (C=O) groups excluding carboxylic acids is 2. The van der Waals surface area contributed by atoms with Crippen LogP contribution in [-0.2, 0) is 9.59 Å². The zero-order chi connectivity index (χ0) is 12.4. The molecule has 5 heteroatoms. The molecule has 0 aromatic carbocycles. The van der Waals surface area contributed by atoms with Gasteiger partial charge in [-0.15, -0.1) is 0 Å². The third kappa shape index (κ3) is 2.77. The number of amides is 2. The van der Waals surface area contributed by atoms with Gasteiger partial charge in [0.15, 0.2) is 0 Å². The molecule has 2 atom stereocenters. The van der Waals surface area contributed by atoms with Crippen LogP contribution >= 0.6 is 0 Å². The van der Waals surface area contributed by atoms with Gasteiger partial charge in [-0.1, -0.05) is 0 Å². The molecule has 2 aliphatic rings. The first-order chi connectivity index (χ1) is 8.13. The minimum atomic E-state index is -0.322. The minimum Gasteiger partial charge on any atom is -0.394 e. The summed E-state index contributed by atoms with van der Waals surface area (Å²) in [4.78, 5) is 25.7. The lowest BCUT2D eigenvalue weighted by Gasteiger charge is -2.25. The third-order valence-corrected chi connectivity index (χ3v) is 3.43. The van der Waals surface area contributed by atoms with Crippen LogP contribution in [0.3, 0.4) is 0 Å². The van der Waals surface area contributed by atoms with Crippen LogP contribution in [0, 0.1) is 5.92 Å². The summed E-state index contributed by atoms with van der Waals surface area (Å²) in [7, 11) is 0. The van der Waals surface area contributed by atoms with Crippen LogP contribution in [0.15, 0.2) is 0 Å². The van der Waals surface area contributed by atoms with Gasteiger partial charge in [-0.05, 0) is 32.6 Å². The van der Waals surface area contributed by atoms with E-state index in [4.69, 9.17) is 5.11 Å². The second kappa shape index (κ2) is 5.04. The second-order valence-electron chi connectivity index (χ2n) is 5.06. The Morgan fingerprint density at radius 2 is 2.12 bits per heavy atom. The molecule has 0 aromatic heterocycles. The average molecular weight is 240 g/mol. The first-order valence-electron chi connectivity index (χ1n) is 6.35. The number of aliphatic hydroxyl groups excluding tert-OH is 1. The Morgan fingerprint density at radius 3 is 2.71 bits per heavy atom. The first kappa shape index (κ1) is 12.4. The summed E-state index contributed by atoms with van der Waals surface area (Å²) >= 11 is 0. The number of rotatable bonds is 4. The lowest BCUT2D eigenvalue weighted by atomic mass is 10.2. The summed E-state index contributed by atoms with van der Waals surface area (Å²) in [6, 6.07) is -0.571. The molecular weight excluding hydrogens is 220 g/mol. The number of hydrogen-bond acceptors (Lipinski definition) is 3. The minimum absolute atomic E-state index is 0.0744. The Labute approximate surface area is 101 Å². The normalized spacial score (nSPS) is 25.8. The molecule has 2 N–H and O–H groups in total. The smallest absolute Gasteiger partial charge is 0.243 e. The summed E-state index contributed by atoms with van der Waals surface area (Å²) < 4.78 is 0. The van der Waals surface area contributed by atoms with Crippen molar-refractivity contribution in [3.63, 3.8) is 0 Å². The molecule has 17 heavy (non-hydrogen) atoms. The molecule has 0 radical (unpaired) electrons. The largest absolute Gasteiger partial charge is 0.394 e. The molecule has 1 unspecified atom stereocenters. The summed E-state index contributed by atoms with van der Waals surface area (Å²) in [5.74, 6) is 0.177. The van der Waals surface area contributed by atoms with Gasteiger partial charge in [0.1, 0.15) is 6.04 Å². The summed E-state index contributed by atoms with van der Waals surface area (Å²) in [6.07, 6.45) is 3.57. The number of likely N-dealkylation sites (tertiary alicyclic amines) is 1.